The van der Waals surface area contributed by atoms with Gasteiger partial charge in [-0.2, -0.15) is 10.4 Å². The van der Waals surface area contributed by atoms with Gasteiger partial charge in [0, 0.05) is 12.7 Å². The Labute approximate surface area is 200 Å². The minimum Gasteiger partial charge on any atom is -0.387 e. The predicted molar refractivity (Wildman–Crippen MR) is 126 cm³/mol. The van der Waals surface area contributed by atoms with Crippen LogP contribution in [0.15, 0.2) is 43.0 Å². The number of hydrogen-bond acceptors (Lipinski definition) is 8. The maximum atomic E-state index is 14.2. The first-order valence-corrected chi connectivity index (χ1v) is 10.9. The molecule has 0 saturated carbocycles. The second-order valence-electron chi connectivity index (χ2n) is 8.41. The van der Waals surface area contributed by atoms with Crippen molar-refractivity contribution in [2.24, 2.45) is 0 Å². The number of hydrogen-bond donors (Lipinski definition) is 3. The minimum absolute atomic E-state index is 0.144. The summed E-state index contributed by atoms with van der Waals surface area (Å²) in [5.74, 6) is -0.306. The van der Waals surface area contributed by atoms with E-state index in [1.807, 2.05) is 6.92 Å². The average Bonchev–Trinajstić information content (AvgIpc) is 3.47. The monoisotopic (exact) mass is 477 g/mol. The van der Waals surface area contributed by atoms with Crippen molar-refractivity contribution >= 4 is 23.1 Å². The lowest BCUT2D eigenvalue weighted by molar-refractivity contribution is -0.00177. The zero-order chi connectivity index (χ0) is 25.2. The molecule has 4 heterocycles. The molecule has 0 aliphatic heterocycles. The van der Waals surface area contributed by atoms with Crippen molar-refractivity contribution in [3.05, 3.63) is 54.1 Å². The summed E-state index contributed by atoms with van der Waals surface area (Å²) < 4.78 is 17.4. The number of amides is 1. The molecule has 11 nitrogen and oxygen atoms in total. The molecule has 4 aromatic rings. The summed E-state index contributed by atoms with van der Waals surface area (Å²) in [4.78, 5) is 21.5. The Morgan fingerprint density at radius 3 is 2.77 bits per heavy atom. The molecule has 0 aliphatic rings. The fourth-order valence-corrected chi connectivity index (χ4v) is 3.29. The molecule has 0 fully saturated rings. The highest BCUT2D eigenvalue weighted by molar-refractivity contribution is 6.00. The normalized spacial score (nSPS) is 12.3. The minimum atomic E-state index is -1.66. The molecule has 180 valence electrons. The molecule has 35 heavy (non-hydrogen) atoms. The number of nitrogens with one attached hydrogen (secondary N) is 2. The van der Waals surface area contributed by atoms with Gasteiger partial charge < -0.3 is 15.7 Å². The Hall–Kier alpha value is -4.37. The molecule has 0 aliphatic carbocycles. The number of nitrogens with zero attached hydrogens (tertiary/aromatic N) is 7. The molecule has 0 radical (unpaired) electrons. The van der Waals surface area contributed by atoms with E-state index < -0.39 is 17.7 Å². The highest BCUT2D eigenvalue weighted by atomic mass is 19.1. The van der Waals surface area contributed by atoms with Crippen LogP contribution >= 0.6 is 0 Å². The van der Waals surface area contributed by atoms with Crippen molar-refractivity contribution < 1.29 is 14.3 Å². The summed E-state index contributed by atoms with van der Waals surface area (Å²) in [6.07, 6.45) is 2.71. The van der Waals surface area contributed by atoms with Crippen LogP contribution in [0.5, 0.6) is 0 Å². The Kier molecular flexibility index (Phi) is 6.44. The summed E-state index contributed by atoms with van der Waals surface area (Å²) >= 11 is 0. The van der Waals surface area contributed by atoms with Crippen LogP contribution in [0.4, 0.5) is 16.0 Å². The van der Waals surface area contributed by atoms with Crippen molar-refractivity contribution in [1.29, 1.82) is 5.26 Å². The molecule has 0 saturated heterocycles. The number of fused-ring (bicyclic) bond motifs is 1. The molecule has 12 heteroatoms. The molecular formula is C23H24FN9O2. The molecule has 4 aromatic heterocycles. The summed E-state index contributed by atoms with van der Waals surface area (Å²) in [5, 5.41) is 33.1. The number of alkyl halides is 1. The van der Waals surface area contributed by atoms with Gasteiger partial charge in [0.2, 0.25) is 5.95 Å². The van der Waals surface area contributed by atoms with Gasteiger partial charge in [-0.1, -0.05) is 0 Å². The molecule has 1 unspecified atom stereocenters. The number of nitriles is 1. The maximum Gasteiger partial charge on any atom is 0.255 e. The third-order valence-electron chi connectivity index (χ3n) is 5.36. The molecule has 3 N–H and O–H groups in total. The standard InChI is InChI=1S/C23H24FN9O2/c1-4-32-13-28-22(31-32)30-17-8-18(19-6-5-15-7-14(9-25)10-29-33(15)19)26-11-16(17)21(34)27-12-20(24)23(2,3)35/h5-8,10-11,13,20,35H,4,12H2,1-3H3,(H,27,34)(H,26,30,31). The van der Waals surface area contributed by atoms with E-state index in [2.05, 4.69) is 36.9 Å². The van der Waals surface area contributed by atoms with E-state index >= 15 is 0 Å². The van der Waals surface area contributed by atoms with Crippen LogP contribution in [0.2, 0.25) is 0 Å². The van der Waals surface area contributed by atoms with Crippen LogP contribution in [0.3, 0.4) is 0 Å². The number of pyridine rings is 1. The van der Waals surface area contributed by atoms with Crippen LogP contribution in [0.1, 0.15) is 36.7 Å². The molecule has 1 atom stereocenters. The van der Waals surface area contributed by atoms with Crippen molar-refractivity contribution in [2.45, 2.75) is 39.1 Å². The lowest BCUT2D eigenvalue weighted by Crippen LogP contribution is -2.42. The van der Waals surface area contributed by atoms with Gasteiger partial charge in [0.05, 0.1) is 52.1 Å². The van der Waals surface area contributed by atoms with E-state index in [1.165, 1.54) is 26.2 Å². The van der Waals surface area contributed by atoms with Gasteiger partial charge in [0.15, 0.2) is 0 Å². The van der Waals surface area contributed by atoms with Crippen LogP contribution < -0.4 is 10.6 Å². The number of aromatic nitrogens is 6. The van der Waals surface area contributed by atoms with Crippen molar-refractivity contribution in [1.82, 2.24) is 34.7 Å². The second-order valence-corrected chi connectivity index (χ2v) is 8.41. The molecule has 1 amide bonds. The molecular weight excluding hydrogens is 453 g/mol. The van der Waals surface area contributed by atoms with Crippen molar-refractivity contribution in [3.8, 4) is 17.5 Å². The maximum absolute atomic E-state index is 14.2. The summed E-state index contributed by atoms with van der Waals surface area (Å²) in [5.41, 5.74) is 1.17. The van der Waals surface area contributed by atoms with E-state index in [0.717, 1.165) is 0 Å². The predicted octanol–water partition coefficient (Wildman–Crippen LogP) is 2.46. The van der Waals surface area contributed by atoms with Crippen molar-refractivity contribution in [2.75, 3.05) is 11.9 Å². The lowest BCUT2D eigenvalue weighted by Gasteiger charge is -2.22. The first-order chi connectivity index (χ1) is 16.7. The summed E-state index contributed by atoms with van der Waals surface area (Å²) in [7, 11) is 0. The smallest absolute Gasteiger partial charge is 0.255 e. The van der Waals surface area contributed by atoms with Crippen LogP contribution in [-0.2, 0) is 6.54 Å². The van der Waals surface area contributed by atoms with Gasteiger partial charge >= 0.3 is 0 Å². The number of carbonyl (C=O) groups is 1. The third kappa shape index (κ3) is 5.10. The van der Waals surface area contributed by atoms with E-state index in [4.69, 9.17) is 5.26 Å². The van der Waals surface area contributed by atoms with Gasteiger partial charge in [-0.05, 0) is 45.0 Å². The van der Waals surface area contributed by atoms with Gasteiger partial charge in [-0.15, -0.1) is 5.10 Å². The van der Waals surface area contributed by atoms with Crippen LogP contribution in [0.25, 0.3) is 16.9 Å². The summed E-state index contributed by atoms with van der Waals surface area (Å²) in [6, 6.07) is 9.01. The Morgan fingerprint density at radius 2 is 2.09 bits per heavy atom. The first kappa shape index (κ1) is 23.8. The SMILES string of the molecule is CCn1cnc(Nc2cc(-c3ccc4cc(C#N)cnn34)ncc2C(=O)NCC(F)C(C)(C)O)n1. The number of halogens is 1. The Morgan fingerprint density at radius 1 is 1.29 bits per heavy atom. The van der Waals surface area contributed by atoms with E-state index in [1.54, 1.807) is 39.8 Å². The number of rotatable bonds is 8. The fraction of sp³-hybridized carbons (Fsp3) is 0.304. The van der Waals surface area contributed by atoms with Crippen LogP contribution in [-0.4, -0.2) is 58.7 Å². The number of anilines is 2. The van der Waals surface area contributed by atoms with Gasteiger partial charge in [0.25, 0.3) is 5.91 Å². The summed E-state index contributed by atoms with van der Waals surface area (Å²) in [6.45, 7) is 4.82. The molecule has 4 rings (SSSR count). The average molecular weight is 478 g/mol. The zero-order valence-electron chi connectivity index (χ0n) is 19.4. The first-order valence-electron chi connectivity index (χ1n) is 10.9. The topological polar surface area (TPSA) is 146 Å². The Bertz CT molecular complexity index is 1410. The number of aliphatic hydroxyl groups is 1. The highest BCUT2D eigenvalue weighted by Gasteiger charge is 2.27. The van der Waals surface area contributed by atoms with Gasteiger partial charge in [-0.25, -0.2) is 13.9 Å². The number of aryl methyl sites for hydroxylation is 1. The lowest BCUT2D eigenvalue weighted by atomic mass is 10.0. The van der Waals surface area contributed by atoms with Crippen LogP contribution in [0, 0.1) is 11.3 Å². The quantitative estimate of drug-likeness (QED) is 0.351. The third-order valence-corrected chi connectivity index (χ3v) is 5.36. The van der Waals surface area contributed by atoms with E-state index in [9.17, 15) is 14.3 Å². The van der Waals surface area contributed by atoms with E-state index in [-0.39, 0.29) is 18.1 Å². The zero-order valence-corrected chi connectivity index (χ0v) is 19.4. The second kappa shape index (κ2) is 9.47. The largest absolute Gasteiger partial charge is 0.387 e. The Balaban J connectivity index is 1.70. The van der Waals surface area contributed by atoms with Gasteiger partial charge in [-0.3, -0.25) is 14.5 Å². The fourth-order valence-electron chi connectivity index (χ4n) is 3.29. The van der Waals surface area contributed by atoms with Crippen molar-refractivity contribution in [3.63, 3.8) is 0 Å². The molecule has 0 aromatic carbocycles. The highest BCUT2D eigenvalue weighted by Crippen LogP contribution is 2.27. The number of carbonyl (C=O) groups excluding carboxylic acids is 1. The molecule has 0 spiro atoms. The molecule has 0 bridgehead atoms. The van der Waals surface area contributed by atoms with Gasteiger partial charge in [0.1, 0.15) is 18.6 Å². The van der Waals surface area contributed by atoms with E-state index in [0.29, 0.717) is 34.7 Å².